The second-order valence-electron chi connectivity index (χ2n) is 5.65. The lowest BCUT2D eigenvalue weighted by atomic mass is 9.95. The Balaban J connectivity index is 2.10. The van der Waals surface area contributed by atoms with Crippen molar-refractivity contribution in [1.29, 1.82) is 0 Å². The third-order valence-electron chi connectivity index (χ3n) is 2.75. The van der Waals surface area contributed by atoms with Crippen LogP contribution in [0.2, 0.25) is 0 Å². The molecular weight excluding hydrogens is 250 g/mol. The number of hydrogen-bond acceptors (Lipinski definition) is 2. The van der Waals surface area contributed by atoms with Gasteiger partial charge in [0.2, 0.25) is 5.91 Å². The summed E-state index contributed by atoms with van der Waals surface area (Å²) in [6.45, 7) is 5.64. The van der Waals surface area contributed by atoms with Gasteiger partial charge in [0.05, 0.1) is 0 Å². The fourth-order valence-electron chi connectivity index (χ4n) is 1.58. The number of amides is 1. The van der Waals surface area contributed by atoms with Crippen LogP contribution >= 0.6 is 0 Å². The molecule has 2 aromatic rings. The van der Waals surface area contributed by atoms with E-state index < -0.39 is 5.41 Å². The van der Waals surface area contributed by atoms with E-state index in [4.69, 9.17) is 4.74 Å². The van der Waals surface area contributed by atoms with E-state index in [2.05, 4.69) is 5.32 Å². The number of carbonyl (C=O) groups is 1. The summed E-state index contributed by atoms with van der Waals surface area (Å²) in [5, 5.41) is 2.89. The molecule has 2 aromatic carbocycles. The maximum atomic E-state index is 12.0. The molecule has 2 rings (SSSR count). The summed E-state index contributed by atoms with van der Waals surface area (Å²) in [4.78, 5) is 12.0. The molecule has 1 amide bonds. The number of rotatable bonds is 3. The van der Waals surface area contributed by atoms with E-state index in [1.165, 1.54) is 0 Å². The fraction of sp³-hybridized carbons (Fsp3) is 0.235. The number of benzene rings is 2. The molecule has 0 heterocycles. The van der Waals surface area contributed by atoms with Crippen LogP contribution in [0, 0.1) is 5.41 Å². The van der Waals surface area contributed by atoms with Crippen molar-refractivity contribution >= 4 is 11.6 Å². The standard InChI is InChI=1S/C17H19NO2/c1-17(2,3)16(19)18-13-8-7-11-15(12-13)20-14-9-5-4-6-10-14/h4-12H,1-3H3,(H,18,19). The highest BCUT2D eigenvalue weighted by molar-refractivity contribution is 5.94. The predicted octanol–water partition coefficient (Wildman–Crippen LogP) is 4.46. The zero-order valence-electron chi connectivity index (χ0n) is 12.0. The zero-order valence-corrected chi connectivity index (χ0v) is 12.0. The molecule has 0 radical (unpaired) electrons. The van der Waals surface area contributed by atoms with E-state index >= 15 is 0 Å². The summed E-state index contributed by atoms with van der Waals surface area (Å²) in [5.41, 5.74) is 0.314. The molecular formula is C17H19NO2. The van der Waals surface area contributed by atoms with E-state index in [-0.39, 0.29) is 5.91 Å². The Morgan fingerprint density at radius 1 is 0.950 bits per heavy atom. The Hall–Kier alpha value is -2.29. The minimum atomic E-state index is -0.420. The van der Waals surface area contributed by atoms with Crippen LogP contribution in [-0.4, -0.2) is 5.91 Å². The maximum absolute atomic E-state index is 12.0. The number of anilines is 1. The Bertz CT molecular complexity index is 585. The van der Waals surface area contributed by atoms with Gasteiger partial charge in [-0.05, 0) is 24.3 Å². The molecule has 104 valence electrons. The maximum Gasteiger partial charge on any atom is 0.229 e. The first-order chi connectivity index (χ1) is 9.45. The van der Waals surface area contributed by atoms with Gasteiger partial charge in [-0.3, -0.25) is 4.79 Å². The highest BCUT2D eigenvalue weighted by Gasteiger charge is 2.21. The van der Waals surface area contributed by atoms with Gasteiger partial charge in [0, 0.05) is 17.2 Å². The smallest absolute Gasteiger partial charge is 0.229 e. The predicted molar refractivity (Wildman–Crippen MR) is 81.0 cm³/mol. The van der Waals surface area contributed by atoms with E-state index in [1.54, 1.807) is 0 Å². The average molecular weight is 269 g/mol. The molecule has 0 aliphatic heterocycles. The molecule has 0 saturated carbocycles. The summed E-state index contributed by atoms with van der Waals surface area (Å²) >= 11 is 0. The molecule has 0 aromatic heterocycles. The third kappa shape index (κ3) is 3.85. The summed E-state index contributed by atoms with van der Waals surface area (Å²) in [7, 11) is 0. The van der Waals surface area contributed by atoms with Crippen LogP contribution in [0.3, 0.4) is 0 Å². The van der Waals surface area contributed by atoms with Crippen molar-refractivity contribution in [3.63, 3.8) is 0 Å². The van der Waals surface area contributed by atoms with Gasteiger partial charge in [-0.15, -0.1) is 0 Å². The normalized spacial score (nSPS) is 10.9. The second kappa shape index (κ2) is 5.78. The van der Waals surface area contributed by atoms with Crippen molar-refractivity contribution in [2.24, 2.45) is 5.41 Å². The molecule has 3 nitrogen and oxygen atoms in total. The van der Waals surface area contributed by atoms with Crippen LogP contribution in [0.25, 0.3) is 0 Å². The average Bonchev–Trinajstić information content (AvgIpc) is 2.39. The zero-order chi connectivity index (χ0) is 14.6. The molecule has 3 heteroatoms. The minimum Gasteiger partial charge on any atom is -0.457 e. The Labute approximate surface area is 119 Å². The molecule has 0 saturated heterocycles. The van der Waals surface area contributed by atoms with Crippen molar-refractivity contribution in [2.45, 2.75) is 20.8 Å². The summed E-state index contributed by atoms with van der Waals surface area (Å²) in [6, 6.07) is 16.9. The first kappa shape index (κ1) is 14.1. The molecule has 0 fully saturated rings. The quantitative estimate of drug-likeness (QED) is 0.893. The van der Waals surface area contributed by atoms with Crippen LogP contribution < -0.4 is 10.1 Å². The lowest BCUT2D eigenvalue weighted by molar-refractivity contribution is -0.123. The van der Waals surface area contributed by atoms with E-state index in [9.17, 15) is 4.79 Å². The lowest BCUT2D eigenvalue weighted by Gasteiger charge is -2.18. The monoisotopic (exact) mass is 269 g/mol. The van der Waals surface area contributed by atoms with Crippen molar-refractivity contribution in [1.82, 2.24) is 0 Å². The first-order valence-corrected chi connectivity index (χ1v) is 6.59. The number of carbonyl (C=O) groups excluding carboxylic acids is 1. The number of para-hydroxylation sites is 1. The van der Waals surface area contributed by atoms with Crippen molar-refractivity contribution < 1.29 is 9.53 Å². The highest BCUT2D eigenvalue weighted by atomic mass is 16.5. The van der Waals surface area contributed by atoms with Crippen LogP contribution in [0.4, 0.5) is 5.69 Å². The highest BCUT2D eigenvalue weighted by Crippen LogP contribution is 2.25. The molecule has 0 aliphatic carbocycles. The lowest BCUT2D eigenvalue weighted by Crippen LogP contribution is -2.27. The van der Waals surface area contributed by atoms with Crippen LogP contribution in [0.5, 0.6) is 11.5 Å². The molecule has 0 unspecified atom stereocenters. The largest absolute Gasteiger partial charge is 0.457 e. The number of ether oxygens (including phenoxy) is 1. The topological polar surface area (TPSA) is 38.3 Å². The fourth-order valence-corrected chi connectivity index (χ4v) is 1.58. The van der Waals surface area contributed by atoms with Crippen molar-refractivity contribution in [2.75, 3.05) is 5.32 Å². The summed E-state index contributed by atoms with van der Waals surface area (Å²) in [6.07, 6.45) is 0. The van der Waals surface area contributed by atoms with Gasteiger partial charge in [0.1, 0.15) is 11.5 Å². The van der Waals surface area contributed by atoms with Crippen molar-refractivity contribution in [3.8, 4) is 11.5 Å². The van der Waals surface area contributed by atoms with Gasteiger partial charge < -0.3 is 10.1 Å². The van der Waals surface area contributed by atoms with Gasteiger partial charge in [-0.1, -0.05) is 45.0 Å². The SMILES string of the molecule is CC(C)(C)C(=O)Nc1cccc(Oc2ccccc2)c1. The molecule has 0 spiro atoms. The van der Waals surface area contributed by atoms with E-state index in [0.29, 0.717) is 5.75 Å². The van der Waals surface area contributed by atoms with Crippen LogP contribution in [0.15, 0.2) is 54.6 Å². The number of hydrogen-bond donors (Lipinski definition) is 1. The summed E-state index contributed by atoms with van der Waals surface area (Å²) in [5.74, 6) is 1.45. The third-order valence-corrected chi connectivity index (χ3v) is 2.75. The van der Waals surface area contributed by atoms with Gasteiger partial charge in [0.15, 0.2) is 0 Å². The Morgan fingerprint density at radius 2 is 1.60 bits per heavy atom. The molecule has 0 bridgehead atoms. The molecule has 0 aliphatic rings. The van der Waals surface area contributed by atoms with Gasteiger partial charge in [-0.25, -0.2) is 0 Å². The molecule has 0 atom stereocenters. The van der Waals surface area contributed by atoms with Gasteiger partial charge in [0.25, 0.3) is 0 Å². The first-order valence-electron chi connectivity index (χ1n) is 6.59. The number of nitrogens with one attached hydrogen (secondary N) is 1. The molecule has 1 N–H and O–H groups in total. The minimum absolute atomic E-state index is 0.0191. The Morgan fingerprint density at radius 3 is 2.25 bits per heavy atom. The van der Waals surface area contributed by atoms with Crippen molar-refractivity contribution in [3.05, 3.63) is 54.6 Å². The second-order valence-corrected chi connectivity index (χ2v) is 5.65. The van der Waals surface area contributed by atoms with E-state index in [0.717, 1.165) is 11.4 Å². The summed E-state index contributed by atoms with van der Waals surface area (Å²) < 4.78 is 5.73. The van der Waals surface area contributed by atoms with Gasteiger partial charge in [-0.2, -0.15) is 0 Å². The van der Waals surface area contributed by atoms with Crippen LogP contribution in [-0.2, 0) is 4.79 Å². The van der Waals surface area contributed by atoms with E-state index in [1.807, 2.05) is 75.4 Å². The van der Waals surface area contributed by atoms with Gasteiger partial charge >= 0.3 is 0 Å². The van der Waals surface area contributed by atoms with Crippen LogP contribution in [0.1, 0.15) is 20.8 Å². The Kier molecular flexibility index (Phi) is 4.08. The molecule has 20 heavy (non-hydrogen) atoms.